The quantitative estimate of drug-likeness (QED) is 0.388. The van der Waals surface area contributed by atoms with E-state index in [2.05, 4.69) is 68.6 Å². The van der Waals surface area contributed by atoms with Crippen LogP contribution in [0.25, 0.3) is 5.82 Å². The average molecular weight is 679 g/mol. The average Bonchev–Trinajstić information content (AvgIpc) is 3.16. The minimum atomic E-state index is -0.572. The number of carbonyl (C=O) groups excluding carboxylic acids is 3. The number of hydrazine groups is 1. The largest absolute Gasteiger partial charge is 0.335 e. The first kappa shape index (κ1) is 26.1. The van der Waals surface area contributed by atoms with E-state index in [1.807, 2.05) is 0 Å². The molecule has 0 spiro atoms. The first-order chi connectivity index (χ1) is 16.0. The maximum Gasteiger partial charge on any atom is 0.335 e. The Hall–Kier alpha value is -2.48. The number of anilines is 1. The molecule has 1 aromatic carbocycles. The topological polar surface area (TPSA) is 112 Å². The van der Waals surface area contributed by atoms with Crippen molar-refractivity contribution in [2.75, 3.05) is 26.5 Å². The number of halogens is 4. The van der Waals surface area contributed by atoms with Gasteiger partial charge in [0.15, 0.2) is 5.82 Å². The third kappa shape index (κ3) is 5.77. The van der Waals surface area contributed by atoms with Gasteiger partial charge in [-0.05, 0) is 56.1 Å². The SMILES string of the molecule is CN(C)C(=O)NN(C)C(=O)c1cc(Br)cc(Br)c1NC(=O)c1cc(Br)nn1-c1ncccc1Cl. The Labute approximate surface area is 225 Å². The number of aromatic nitrogens is 3. The summed E-state index contributed by atoms with van der Waals surface area (Å²) in [5.74, 6) is -0.871. The van der Waals surface area contributed by atoms with Crippen molar-refractivity contribution in [2.45, 2.75) is 0 Å². The van der Waals surface area contributed by atoms with Gasteiger partial charge >= 0.3 is 6.03 Å². The number of nitrogens with zero attached hydrogens (tertiary/aromatic N) is 5. The zero-order valence-corrected chi connectivity index (χ0v) is 23.5. The summed E-state index contributed by atoms with van der Waals surface area (Å²) >= 11 is 16.3. The molecule has 2 N–H and O–H groups in total. The first-order valence-electron chi connectivity index (χ1n) is 9.42. The van der Waals surface area contributed by atoms with Gasteiger partial charge in [0.05, 0.1) is 16.3 Å². The maximum absolute atomic E-state index is 13.3. The van der Waals surface area contributed by atoms with Crippen LogP contribution in [0.5, 0.6) is 0 Å². The fraction of sp³-hybridized carbons (Fsp3) is 0.150. The number of pyridine rings is 1. The third-order valence-electron chi connectivity index (χ3n) is 4.35. The van der Waals surface area contributed by atoms with Crippen molar-refractivity contribution < 1.29 is 14.4 Å². The number of carbonyl (C=O) groups is 3. The van der Waals surface area contributed by atoms with Gasteiger partial charge < -0.3 is 10.2 Å². The zero-order chi connectivity index (χ0) is 25.2. The summed E-state index contributed by atoms with van der Waals surface area (Å²) in [6.45, 7) is 0. The Morgan fingerprint density at radius 1 is 1.09 bits per heavy atom. The van der Waals surface area contributed by atoms with E-state index < -0.39 is 17.8 Å². The minimum absolute atomic E-state index is 0.120. The molecule has 2 aromatic heterocycles. The summed E-state index contributed by atoms with van der Waals surface area (Å²) in [5.41, 5.74) is 2.89. The van der Waals surface area contributed by atoms with Gasteiger partial charge in [0.1, 0.15) is 10.3 Å². The first-order valence-corrected chi connectivity index (χ1v) is 12.2. The van der Waals surface area contributed by atoms with Crippen LogP contribution in [-0.4, -0.2) is 63.7 Å². The molecular formula is C20H17Br3ClN7O3. The van der Waals surface area contributed by atoms with Crippen LogP contribution in [0.4, 0.5) is 10.5 Å². The second kappa shape index (κ2) is 10.8. The molecule has 14 heteroatoms. The molecule has 0 saturated carbocycles. The highest BCUT2D eigenvalue weighted by Crippen LogP contribution is 2.32. The van der Waals surface area contributed by atoms with Crippen molar-refractivity contribution in [3.05, 3.63) is 66.4 Å². The standard InChI is InChI=1S/C20H17Br3ClN7O3/c1-29(2)20(34)28-30(3)19(33)11-7-10(21)8-12(22)16(11)26-18(32)14-9-15(23)27-31(14)17-13(24)5-4-6-25-17/h4-9H,1-3H3,(H,26,32)(H,28,34). The van der Waals surface area contributed by atoms with Crippen LogP contribution in [0.3, 0.4) is 0 Å². The highest BCUT2D eigenvalue weighted by atomic mass is 79.9. The summed E-state index contributed by atoms with van der Waals surface area (Å²) in [7, 11) is 4.49. The van der Waals surface area contributed by atoms with Gasteiger partial charge in [-0.1, -0.05) is 27.5 Å². The summed E-state index contributed by atoms with van der Waals surface area (Å²) in [5, 5.41) is 8.33. The monoisotopic (exact) mass is 675 g/mol. The highest BCUT2D eigenvalue weighted by Gasteiger charge is 2.25. The fourth-order valence-electron chi connectivity index (χ4n) is 2.73. The maximum atomic E-state index is 13.3. The van der Waals surface area contributed by atoms with Crippen LogP contribution in [0, 0.1) is 0 Å². The van der Waals surface area contributed by atoms with Crippen LogP contribution >= 0.6 is 59.4 Å². The lowest BCUT2D eigenvalue weighted by Gasteiger charge is -2.23. The van der Waals surface area contributed by atoms with Crippen molar-refractivity contribution in [1.82, 2.24) is 30.1 Å². The molecule has 4 amide bonds. The molecule has 10 nitrogen and oxygen atoms in total. The number of amides is 4. The van der Waals surface area contributed by atoms with Crippen molar-refractivity contribution in [3.63, 3.8) is 0 Å². The molecule has 0 aliphatic heterocycles. The lowest BCUT2D eigenvalue weighted by atomic mass is 10.1. The Balaban J connectivity index is 1.99. The molecule has 178 valence electrons. The normalized spacial score (nSPS) is 10.6. The van der Waals surface area contributed by atoms with Crippen molar-refractivity contribution >= 4 is 82.9 Å². The van der Waals surface area contributed by atoms with Crippen LogP contribution in [0.2, 0.25) is 5.02 Å². The zero-order valence-electron chi connectivity index (χ0n) is 17.9. The molecule has 0 saturated heterocycles. The van der Waals surface area contributed by atoms with Crippen molar-refractivity contribution in [1.29, 1.82) is 0 Å². The number of benzene rings is 1. The van der Waals surface area contributed by atoms with Gasteiger partial charge in [-0.25, -0.2) is 19.9 Å². The number of hydrogen-bond acceptors (Lipinski definition) is 5. The number of urea groups is 1. The van der Waals surface area contributed by atoms with Crippen LogP contribution in [0.1, 0.15) is 20.8 Å². The van der Waals surface area contributed by atoms with E-state index in [-0.39, 0.29) is 22.8 Å². The molecule has 0 atom stereocenters. The summed E-state index contributed by atoms with van der Waals surface area (Å²) in [6.07, 6.45) is 1.53. The molecule has 0 radical (unpaired) electrons. The van der Waals surface area contributed by atoms with E-state index in [1.165, 1.54) is 35.0 Å². The molecule has 3 aromatic rings. The van der Waals surface area contributed by atoms with Gasteiger partial charge in [0.2, 0.25) is 0 Å². The van der Waals surface area contributed by atoms with Crippen molar-refractivity contribution in [2.24, 2.45) is 0 Å². The minimum Gasteiger partial charge on any atom is -0.330 e. The Morgan fingerprint density at radius 3 is 2.44 bits per heavy atom. The van der Waals surface area contributed by atoms with E-state index in [9.17, 15) is 14.4 Å². The predicted molar refractivity (Wildman–Crippen MR) is 138 cm³/mol. The van der Waals surface area contributed by atoms with Gasteiger partial charge in [0, 0.05) is 42.4 Å². The van der Waals surface area contributed by atoms with Crippen LogP contribution in [-0.2, 0) is 0 Å². The summed E-state index contributed by atoms with van der Waals surface area (Å²) in [4.78, 5) is 43.9. The predicted octanol–water partition coefficient (Wildman–Crippen LogP) is 4.72. The number of rotatable bonds is 4. The second-order valence-electron chi connectivity index (χ2n) is 7.01. The van der Waals surface area contributed by atoms with E-state index in [0.29, 0.717) is 18.6 Å². The lowest BCUT2D eigenvalue weighted by molar-refractivity contribution is 0.0724. The highest BCUT2D eigenvalue weighted by molar-refractivity contribution is 9.11. The number of nitrogens with one attached hydrogen (secondary N) is 2. The van der Waals surface area contributed by atoms with Gasteiger partial charge in [-0.3, -0.25) is 14.6 Å². The van der Waals surface area contributed by atoms with E-state index in [1.54, 1.807) is 32.3 Å². The Morgan fingerprint density at radius 2 is 1.79 bits per heavy atom. The van der Waals surface area contributed by atoms with E-state index in [4.69, 9.17) is 11.6 Å². The Kier molecular flexibility index (Phi) is 8.34. The fourth-order valence-corrected chi connectivity index (χ4v) is 4.63. The number of hydrogen-bond donors (Lipinski definition) is 2. The van der Waals surface area contributed by atoms with Gasteiger partial charge in [-0.2, -0.15) is 5.10 Å². The third-order valence-corrected chi connectivity index (χ3v) is 6.12. The molecule has 0 aliphatic carbocycles. The summed E-state index contributed by atoms with van der Waals surface area (Å²) in [6, 6.07) is 7.50. The molecule has 2 heterocycles. The molecule has 0 bridgehead atoms. The summed E-state index contributed by atoms with van der Waals surface area (Å²) < 4.78 is 2.70. The van der Waals surface area contributed by atoms with Crippen LogP contribution < -0.4 is 10.7 Å². The van der Waals surface area contributed by atoms with E-state index in [0.717, 1.165) is 5.01 Å². The molecule has 0 fully saturated rings. The Bertz CT molecular complexity index is 1280. The van der Waals surface area contributed by atoms with E-state index >= 15 is 0 Å². The molecular weight excluding hydrogens is 661 g/mol. The molecule has 0 aliphatic rings. The van der Waals surface area contributed by atoms with Crippen LogP contribution in [0.15, 0.2) is 50.1 Å². The molecule has 34 heavy (non-hydrogen) atoms. The molecule has 3 rings (SSSR count). The van der Waals surface area contributed by atoms with Crippen molar-refractivity contribution in [3.8, 4) is 5.82 Å². The lowest BCUT2D eigenvalue weighted by Crippen LogP contribution is -2.47. The van der Waals surface area contributed by atoms with Gasteiger partial charge in [-0.15, -0.1) is 0 Å². The second-order valence-corrected chi connectivity index (χ2v) is 10.0. The smallest absolute Gasteiger partial charge is 0.330 e. The molecule has 0 unspecified atom stereocenters. The van der Waals surface area contributed by atoms with Gasteiger partial charge in [0.25, 0.3) is 11.8 Å².